The third-order valence-electron chi connectivity index (χ3n) is 2.91. The van der Waals surface area contributed by atoms with E-state index in [1.54, 1.807) is 6.92 Å². The molecule has 0 aromatic heterocycles. The van der Waals surface area contributed by atoms with E-state index in [2.05, 4.69) is 18.7 Å². The first-order chi connectivity index (χ1) is 7.91. The molecule has 1 rings (SSSR count). The average Bonchev–Trinajstić information content (AvgIpc) is 2.25. The minimum absolute atomic E-state index is 0.470. The van der Waals surface area contributed by atoms with Gasteiger partial charge in [0.25, 0.3) is 0 Å². The van der Waals surface area contributed by atoms with Gasteiger partial charge in [-0.3, -0.25) is 0 Å². The molecule has 0 aliphatic carbocycles. The van der Waals surface area contributed by atoms with Crippen molar-refractivity contribution in [3.63, 3.8) is 0 Å². The fraction of sp³-hybridized carbons (Fsp3) is 0.571. The zero-order valence-electron chi connectivity index (χ0n) is 11.1. The van der Waals surface area contributed by atoms with Crippen molar-refractivity contribution in [2.45, 2.75) is 33.3 Å². The molecule has 0 aliphatic rings. The SMILES string of the molecule is CC(C)CCN(C)c1ccc(C(C)O)cc1Cl. The zero-order chi connectivity index (χ0) is 13.0. The Morgan fingerprint density at radius 3 is 2.41 bits per heavy atom. The van der Waals surface area contributed by atoms with Crippen LogP contribution in [0, 0.1) is 5.92 Å². The Kier molecular flexibility index (Phi) is 5.29. The molecule has 1 unspecified atom stereocenters. The van der Waals surface area contributed by atoms with Crippen molar-refractivity contribution in [3.8, 4) is 0 Å². The number of aliphatic hydroxyl groups excluding tert-OH is 1. The third-order valence-corrected chi connectivity index (χ3v) is 3.21. The van der Waals surface area contributed by atoms with Gasteiger partial charge < -0.3 is 10.0 Å². The number of rotatable bonds is 5. The summed E-state index contributed by atoms with van der Waals surface area (Å²) in [5.74, 6) is 0.688. The summed E-state index contributed by atoms with van der Waals surface area (Å²) in [7, 11) is 2.05. The Morgan fingerprint density at radius 2 is 1.94 bits per heavy atom. The number of hydrogen-bond acceptors (Lipinski definition) is 2. The Balaban J connectivity index is 2.77. The molecule has 0 bridgehead atoms. The van der Waals surface area contributed by atoms with Crippen molar-refractivity contribution in [3.05, 3.63) is 28.8 Å². The van der Waals surface area contributed by atoms with Crippen molar-refractivity contribution >= 4 is 17.3 Å². The van der Waals surface area contributed by atoms with E-state index in [0.29, 0.717) is 10.9 Å². The molecule has 1 aromatic rings. The molecule has 2 nitrogen and oxygen atoms in total. The molecular formula is C14H22ClNO. The fourth-order valence-electron chi connectivity index (χ4n) is 1.66. The first-order valence-corrected chi connectivity index (χ1v) is 6.48. The number of benzene rings is 1. The summed E-state index contributed by atoms with van der Waals surface area (Å²) in [6, 6.07) is 5.75. The Hall–Kier alpha value is -0.730. The molecule has 0 fully saturated rings. The molecule has 0 heterocycles. The Bertz CT molecular complexity index is 363. The molecule has 1 aromatic carbocycles. The number of halogens is 1. The van der Waals surface area contributed by atoms with Gasteiger partial charge in [-0.05, 0) is 37.0 Å². The number of hydrogen-bond donors (Lipinski definition) is 1. The highest BCUT2D eigenvalue weighted by molar-refractivity contribution is 6.33. The van der Waals surface area contributed by atoms with Crippen molar-refractivity contribution in [2.24, 2.45) is 5.92 Å². The topological polar surface area (TPSA) is 23.5 Å². The van der Waals surface area contributed by atoms with Crippen LogP contribution in [0.2, 0.25) is 5.02 Å². The van der Waals surface area contributed by atoms with Crippen molar-refractivity contribution in [1.82, 2.24) is 0 Å². The number of aliphatic hydroxyl groups is 1. The lowest BCUT2D eigenvalue weighted by molar-refractivity contribution is 0.199. The van der Waals surface area contributed by atoms with E-state index in [4.69, 9.17) is 11.6 Å². The van der Waals surface area contributed by atoms with Crippen LogP contribution in [-0.2, 0) is 0 Å². The van der Waals surface area contributed by atoms with Gasteiger partial charge in [0.2, 0.25) is 0 Å². The fourth-order valence-corrected chi connectivity index (χ4v) is 2.00. The first kappa shape index (κ1) is 14.3. The lowest BCUT2D eigenvalue weighted by Crippen LogP contribution is -2.20. The van der Waals surface area contributed by atoms with E-state index in [1.807, 2.05) is 25.2 Å². The maximum absolute atomic E-state index is 9.48. The summed E-state index contributed by atoms with van der Waals surface area (Å²) < 4.78 is 0. The van der Waals surface area contributed by atoms with E-state index in [1.165, 1.54) is 0 Å². The van der Waals surface area contributed by atoms with Gasteiger partial charge in [0.1, 0.15) is 0 Å². The molecule has 1 N–H and O–H groups in total. The van der Waals surface area contributed by atoms with Gasteiger partial charge in [0.15, 0.2) is 0 Å². The summed E-state index contributed by atoms with van der Waals surface area (Å²) in [5, 5.41) is 10.2. The molecule has 0 saturated heterocycles. The van der Waals surface area contributed by atoms with Gasteiger partial charge in [-0.1, -0.05) is 31.5 Å². The second-order valence-electron chi connectivity index (χ2n) is 4.99. The summed E-state index contributed by atoms with van der Waals surface area (Å²) in [4.78, 5) is 2.16. The van der Waals surface area contributed by atoms with Gasteiger partial charge in [0, 0.05) is 13.6 Å². The molecule has 96 valence electrons. The molecule has 0 saturated carbocycles. The summed E-state index contributed by atoms with van der Waals surface area (Å²) in [6.45, 7) is 7.16. The molecule has 1 atom stereocenters. The van der Waals surface area contributed by atoms with E-state index >= 15 is 0 Å². The Labute approximate surface area is 109 Å². The normalized spacial score (nSPS) is 12.9. The highest BCUT2D eigenvalue weighted by atomic mass is 35.5. The monoisotopic (exact) mass is 255 g/mol. The molecule has 0 spiro atoms. The predicted molar refractivity (Wildman–Crippen MR) is 74.8 cm³/mol. The van der Waals surface area contributed by atoms with Crippen molar-refractivity contribution < 1.29 is 5.11 Å². The molecule has 17 heavy (non-hydrogen) atoms. The smallest absolute Gasteiger partial charge is 0.0762 e. The van der Waals surface area contributed by atoms with Crippen LogP contribution in [0.25, 0.3) is 0 Å². The van der Waals surface area contributed by atoms with Crippen LogP contribution in [0.4, 0.5) is 5.69 Å². The minimum Gasteiger partial charge on any atom is -0.389 e. The van der Waals surface area contributed by atoms with Crippen LogP contribution in [-0.4, -0.2) is 18.7 Å². The third kappa shape index (κ3) is 4.21. The first-order valence-electron chi connectivity index (χ1n) is 6.10. The lowest BCUT2D eigenvalue weighted by Gasteiger charge is -2.22. The maximum atomic E-state index is 9.48. The lowest BCUT2D eigenvalue weighted by atomic mass is 10.1. The summed E-state index contributed by atoms with van der Waals surface area (Å²) >= 11 is 6.23. The maximum Gasteiger partial charge on any atom is 0.0762 e. The van der Waals surface area contributed by atoms with Crippen LogP contribution in [0.15, 0.2) is 18.2 Å². The minimum atomic E-state index is -0.470. The summed E-state index contributed by atoms with van der Waals surface area (Å²) in [6.07, 6.45) is 0.674. The highest BCUT2D eigenvalue weighted by Crippen LogP contribution is 2.28. The van der Waals surface area contributed by atoms with E-state index in [0.717, 1.165) is 24.2 Å². The van der Waals surface area contributed by atoms with Crippen LogP contribution < -0.4 is 4.90 Å². The van der Waals surface area contributed by atoms with E-state index in [-0.39, 0.29) is 0 Å². The molecule has 0 aliphatic heterocycles. The van der Waals surface area contributed by atoms with Crippen molar-refractivity contribution in [1.29, 1.82) is 0 Å². The van der Waals surface area contributed by atoms with Crippen LogP contribution in [0.1, 0.15) is 38.9 Å². The second-order valence-corrected chi connectivity index (χ2v) is 5.40. The van der Waals surface area contributed by atoms with E-state index < -0.39 is 6.10 Å². The summed E-state index contributed by atoms with van der Waals surface area (Å²) in [5.41, 5.74) is 1.88. The van der Waals surface area contributed by atoms with Crippen LogP contribution in [0.3, 0.4) is 0 Å². The van der Waals surface area contributed by atoms with Gasteiger partial charge >= 0.3 is 0 Å². The van der Waals surface area contributed by atoms with E-state index in [9.17, 15) is 5.11 Å². The van der Waals surface area contributed by atoms with Crippen LogP contribution >= 0.6 is 11.6 Å². The highest BCUT2D eigenvalue weighted by Gasteiger charge is 2.09. The Morgan fingerprint density at radius 1 is 1.29 bits per heavy atom. The van der Waals surface area contributed by atoms with Crippen LogP contribution in [0.5, 0.6) is 0 Å². The predicted octanol–water partition coefficient (Wildman–Crippen LogP) is 3.88. The largest absolute Gasteiger partial charge is 0.389 e. The number of anilines is 1. The second kappa shape index (κ2) is 6.27. The standard InChI is InChI=1S/C14H22ClNO/c1-10(2)7-8-16(4)14-6-5-12(11(3)17)9-13(14)15/h5-6,9-11,17H,7-8H2,1-4H3. The quantitative estimate of drug-likeness (QED) is 0.863. The van der Waals surface area contributed by atoms with Gasteiger partial charge in [-0.25, -0.2) is 0 Å². The molecule has 3 heteroatoms. The average molecular weight is 256 g/mol. The molecular weight excluding hydrogens is 234 g/mol. The zero-order valence-corrected chi connectivity index (χ0v) is 11.8. The van der Waals surface area contributed by atoms with Gasteiger partial charge in [-0.15, -0.1) is 0 Å². The van der Waals surface area contributed by atoms with Gasteiger partial charge in [0.05, 0.1) is 16.8 Å². The van der Waals surface area contributed by atoms with Gasteiger partial charge in [-0.2, -0.15) is 0 Å². The van der Waals surface area contributed by atoms with Crippen molar-refractivity contribution in [2.75, 3.05) is 18.5 Å². The number of nitrogens with zero attached hydrogens (tertiary/aromatic N) is 1. The molecule has 0 amide bonds. The molecule has 0 radical (unpaired) electrons.